The number of pyridine rings is 1. The second kappa shape index (κ2) is 6.63. The van der Waals surface area contributed by atoms with Crippen molar-refractivity contribution < 1.29 is 4.79 Å². The number of nitrogens with zero attached hydrogens (tertiary/aromatic N) is 3. The second-order valence-corrected chi connectivity index (χ2v) is 4.96. The number of hydrogen-bond donors (Lipinski definition) is 2. The Balaban J connectivity index is 2.05. The van der Waals surface area contributed by atoms with Gasteiger partial charge in [-0.05, 0) is 24.6 Å². The van der Waals surface area contributed by atoms with Crippen molar-refractivity contribution in [1.29, 1.82) is 5.26 Å². The first-order chi connectivity index (χ1) is 9.70. The first kappa shape index (κ1) is 14.0. The Kier molecular flexibility index (Phi) is 4.63. The maximum Gasteiger partial charge on any atom is 0.321 e. The van der Waals surface area contributed by atoms with Crippen molar-refractivity contribution in [3.05, 3.63) is 30.2 Å². The number of rotatable bonds is 4. The largest absolute Gasteiger partial charge is 0.337 e. The van der Waals surface area contributed by atoms with Gasteiger partial charge in [-0.1, -0.05) is 11.3 Å². The van der Waals surface area contributed by atoms with E-state index in [-0.39, 0.29) is 12.5 Å². The first-order valence-electron chi connectivity index (χ1n) is 6.00. The van der Waals surface area contributed by atoms with E-state index < -0.39 is 0 Å². The zero-order chi connectivity index (χ0) is 14.4. The molecule has 7 heteroatoms. The number of amides is 2. The van der Waals surface area contributed by atoms with E-state index in [4.69, 9.17) is 5.26 Å². The fourth-order valence-electron chi connectivity index (χ4n) is 1.59. The van der Waals surface area contributed by atoms with Crippen LogP contribution in [0.25, 0.3) is 10.4 Å². The van der Waals surface area contributed by atoms with Gasteiger partial charge in [0.25, 0.3) is 0 Å². The Bertz CT molecular complexity index is 632. The summed E-state index contributed by atoms with van der Waals surface area (Å²) < 4.78 is 0. The van der Waals surface area contributed by atoms with E-state index in [1.165, 1.54) is 11.3 Å². The maximum absolute atomic E-state index is 11.6. The van der Waals surface area contributed by atoms with Gasteiger partial charge in [-0.25, -0.2) is 9.78 Å². The topological polar surface area (TPSA) is 90.7 Å². The molecule has 0 aliphatic rings. The summed E-state index contributed by atoms with van der Waals surface area (Å²) >= 11 is 1.40. The zero-order valence-electron chi connectivity index (χ0n) is 10.9. The van der Waals surface area contributed by atoms with Crippen molar-refractivity contribution in [3.8, 4) is 16.5 Å². The number of anilines is 1. The minimum absolute atomic E-state index is 0.284. The van der Waals surface area contributed by atoms with Crippen LogP contribution >= 0.6 is 11.3 Å². The number of aryl methyl sites for hydroxylation is 1. The molecule has 0 radical (unpaired) electrons. The second-order valence-electron chi connectivity index (χ2n) is 3.96. The van der Waals surface area contributed by atoms with Crippen LogP contribution in [-0.4, -0.2) is 22.5 Å². The lowest BCUT2D eigenvalue weighted by atomic mass is 10.2. The summed E-state index contributed by atoms with van der Waals surface area (Å²) in [6.45, 7) is 2.22. The van der Waals surface area contributed by atoms with Gasteiger partial charge in [0.2, 0.25) is 0 Å². The molecule has 0 aromatic carbocycles. The normalized spacial score (nSPS) is 9.80. The number of carbonyl (C=O) groups is 1. The maximum atomic E-state index is 11.6. The molecule has 0 spiro atoms. The Morgan fingerprint density at radius 3 is 2.90 bits per heavy atom. The van der Waals surface area contributed by atoms with Gasteiger partial charge in [-0.2, -0.15) is 5.26 Å². The Morgan fingerprint density at radius 2 is 2.20 bits per heavy atom. The molecule has 0 saturated carbocycles. The molecule has 102 valence electrons. The number of nitriles is 1. The fraction of sp³-hybridized carbons (Fsp3) is 0.231. The average Bonchev–Trinajstić information content (AvgIpc) is 2.81. The summed E-state index contributed by atoms with van der Waals surface area (Å²) in [7, 11) is 0. The van der Waals surface area contributed by atoms with Crippen LogP contribution in [0.2, 0.25) is 0 Å². The molecule has 0 fully saturated rings. The Morgan fingerprint density at radius 1 is 1.45 bits per heavy atom. The van der Waals surface area contributed by atoms with Gasteiger partial charge in [0, 0.05) is 18.9 Å². The van der Waals surface area contributed by atoms with Gasteiger partial charge in [-0.3, -0.25) is 10.3 Å². The summed E-state index contributed by atoms with van der Waals surface area (Å²) in [5.41, 5.74) is 1.88. The lowest BCUT2D eigenvalue weighted by Crippen LogP contribution is -2.29. The molecule has 2 N–H and O–H groups in total. The minimum Gasteiger partial charge on any atom is -0.337 e. The predicted molar refractivity (Wildman–Crippen MR) is 77.3 cm³/mol. The molecule has 0 atom stereocenters. The molecular weight excluding hydrogens is 274 g/mol. The van der Waals surface area contributed by atoms with Crippen molar-refractivity contribution in [2.45, 2.75) is 13.3 Å². The lowest BCUT2D eigenvalue weighted by molar-refractivity contribution is 0.252. The highest BCUT2D eigenvalue weighted by atomic mass is 32.1. The summed E-state index contributed by atoms with van der Waals surface area (Å²) in [4.78, 5) is 20.9. The highest BCUT2D eigenvalue weighted by Gasteiger charge is 2.11. The van der Waals surface area contributed by atoms with Crippen molar-refractivity contribution in [2.75, 3.05) is 11.9 Å². The monoisotopic (exact) mass is 287 g/mol. The smallest absolute Gasteiger partial charge is 0.321 e. The van der Waals surface area contributed by atoms with E-state index in [1.54, 1.807) is 12.4 Å². The van der Waals surface area contributed by atoms with Crippen LogP contribution in [0.5, 0.6) is 0 Å². The molecule has 2 amide bonds. The van der Waals surface area contributed by atoms with E-state index in [0.717, 1.165) is 16.1 Å². The SMILES string of the molecule is Cc1nc(NC(=O)NCCC#N)sc1-c1ccncc1. The van der Waals surface area contributed by atoms with Gasteiger partial charge in [0.05, 0.1) is 23.1 Å². The highest BCUT2D eigenvalue weighted by molar-refractivity contribution is 7.19. The van der Waals surface area contributed by atoms with Crippen molar-refractivity contribution in [3.63, 3.8) is 0 Å². The summed E-state index contributed by atoms with van der Waals surface area (Å²) in [6, 6.07) is 5.41. The Labute approximate surface area is 120 Å². The summed E-state index contributed by atoms with van der Waals surface area (Å²) in [5.74, 6) is 0. The number of carbonyl (C=O) groups excluding carboxylic acids is 1. The molecule has 2 aromatic heterocycles. The van der Waals surface area contributed by atoms with E-state index in [1.807, 2.05) is 25.1 Å². The molecule has 20 heavy (non-hydrogen) atoms. The van der Waals surface area contributed by atoms with Crippen LogP contribution in [0, 0.1) is 18.3 Å². The quantitative estimate of drug-likeness (QED) is 0.845. The third-order valence-electron chi connectivity index (χ3n) is 2.48. The van der Waals surface area contributed by atoms with Crippen LogP contribution in [0.1, 0.15) is 12.1 Å². The van der Waals surface area contributed by atoms with Gasteiger partial charge in [0.15, 0.2) is 5.13 Å². The van der Waals surface area contributed by atoms with Crippen LogP contribution in [-0.2, 0) is 0 Å². The van der Waals surface area contributed by atoms with Gasteiger partial charge >= 0.3 is 6.03 Å². The van der Waals surface area contributed by atoms with Crippen LogP contribution in [0.3, 0.4) is 0 Å². The van der Waals surface area contributed by atoms with Crippen LogP contribution in [0.4, 0.5) is 9.93 Å². The molecule has 2 heterocycles. The fourth-order valence-corrected chi connectivity index (χ4v) is 2.56. The summed E-state index contributed by atoms with van der Waals surface area (Å²) in [5, 5.41) is 14.2. The third kappa shape index (κ3) is 3.52. The van der Waals surface area contributed by atoms with Gasteiger partial charge in [-0.15, -0.1) is 0 Å². The van der Waals surface area contributed by atoms with Crippen molar-refractivity contribution >= 4 is 22.5 Å². The molecule has 6 nitrogen and oxygen atoms in total. The highest BCUT2D eigenvalue weighted by Crippen LogP contribution is 2.32. The van der Waals surface area contributed by atoms with Crippen molar-refractivity contribution in [1.82, 2.24) is 15.3 Å². The Hall–Kier alpha value is -2.46. The molecule has 0 bridgehead atoms. The standard InChI is InChI=1S/C13H13N5OS/c1-9-11(10-3-7-15-8-4-10)20-13(17-9)18-12(19)16-6-2-5-14/h3-4,7-8H,2,6H2,1H3,(H2,16,17,18,19). The molecule has 2 aromatic rings. The number of aromatic nitrogens is 2. The number of hydrogen-bond acceptors (Lipinski definition) is 5. The van der Waals surface area contributed by atoms with E-state index in [2.05, 4.69) is 20.6 Å². The molecular formula is C13H13N5OS. The number of nitrogens with one attached hydrogen (secondary N) is 2. The van der Waals surface area contributed by atoms with E-state index >= 15 is 0 Å². The predicted octanol–water partition coefficient (Wildman–Crippen LogP) is 2.55. The average molecular weight is 287 g/mol. The lowest BCUT2D eigenvalue weighted by Gasteiger charge is -2.01. The third-order valence-corrected chi connectivity index (χ3v) is 3.60. The zero-order valence-corrected chi connectivity index (χ0v) is 11.7. The molecule has 0 aliphatic heterocycles. The molecule has 0 aliphatic carbocycles. The van der Waals surface area contributed by atoms with Gasteiger partial charge < -0.3 is 5.32 Å². The molecule has 0 unspecified atom stereocenters. The van der Waals surface area contributed by atoms with Crippen LogP contribution in [0.15, 0.2) is 24.5 Å². The first-order valence-corrected chi connectivity index (χ1v) is 6.82. The van der Waals surface area contributed by atoms with Gasteiger partial charge in [0.1, 0.15) is 0 Å². The van der Waals surface area contributed by atoms with E-state index in [9.17, 15) is 4.79 Å². The molecule has 2 rings (SSSR count). The van der Waals surface area contributed by atoms with Crippen molar-refractivity contribution in [2.24, 2.45) is 0 Å². The summed E-state index contributed by atoms with van der Waals surface area (Å²) in [6.07, 6.45) is 3.72. The molecule has 0 saturated heterocycles. The minimum atomic E-state index is -0.352. The number of thiazole rings is 1. The van der Waals surface area contributed by atoms with Crippen LogP contribution < -0.4 is 10.6 Å². The van der Waals surface area contributed by atoms with E-state index in [0.29, 0.717) is 11.7 Å². The number of urea groups is 1.